The predicted molar refractivity (Wildman–Crippen MR) is 64.1 cm³/mol. The van der Waals surface area contributed by atoms with Crippen LogP contribution in [0.4, 0.5) is 0 Å². The van der Waals surface area contributed by atoms with Crippen molar-refractivity contribution in [2.75, 3.05) is 0 Å². The molecular formula is C13H16O4. The Balaban J connectivity index is 3.24. The lowest BCUT2D eigenvalue weighted by Gasteiger charge is -2.13. The molecule has 0 saturated carbocycles. The molecular weight excluding hydrogens is 220 g/mol. The summed E-state index contributed by atoms with van der Waals surface area (Å²) in [5.74, 6) is -0.432. The minimum atomic E-state index is -1.06. The molecule has 4 nitrogen and oxygen atoms in total. The van der Waals surface area contributed by atoms with Gasteiger partial charge in [0, 0.05) is 5.41 Å². The van der Waals surface area contributed by atoms with Gasteiger partial charge in [0.1, 0.15) is 17.1 Å². The smallest absolute Gasteiger partial charge is 0.339 e. The lowest BCUT2D eigenvalue weighted by atomic mass is 9.93. The van der Waals surface area contributed by atoms with Crippen molar-refractivity contribution in [2.45, 2.75) is 33.1 Å². The topological polar surface area (TPSA) is 67.5 Å². The van der Waals surface area contributed by atoms with Gasteiger partial charge in [-0.1, -0.05) is 20.8 Å². The molecule has 4 heteroatoms. The number of furan rings is 1. The second-order valence-corrected chi connectivity index (χ2v) is 4.89. The summed E-state index contributed by atoms with van der Waals surface area (Å²) < 4.78 is 5.47. The van der Waals surface area contributed by atoms with Crippen molar-refractivity contribution in [1.29, 1.82) is 0 Å². The lowest BCUT2D eigenvalue weighted by molar-refractivity contribution is -0.112. The molecule has 0 fully saturated rings. The average molecular weight is 236 g/mol. The Morgan fingerprint density at radius 3 is 2.35 bits per heavy atom. The van der Waals surface area contributed by atoms with Gasteiger partial charge in [-0.05, 0) is 25.1 Å². The van der Waals surface area contributed by atoms with E-state index in [1.165, 1.54) is 25.1 Å². The minimum Gasteiger partial charge on any atom is -0.478 e. The van der Waals surface area contributed by atoms with Crippen LogP contribution in [-0.2, 0) is 10.2 Å². The van der Waals surface area contributed by atoms with Gasteiger partial charge in [0.2, 0.25) is 0 Å². The van der Waals surface area contributed by atoms with Gasteiger partial charge in [-0.2, -0.15) is 0 Å². The summed E-state index contributed by atoms with van der Waals surface area (Å²) in [6, 6.07) is 1.50. The summed E-state index contributed by atoms with van der Waals surface area (Å²) in [5, 5.41) is 9.03. The summed E-state index contributed by atoms with van der Waals surface area (Å²) in [5.41, 5.74) is -0.195. The fourth-order valence-electron chi connectivity index (χ4n) is 1.26. The van der Waals surface area contributed by atoms with Gasteiger partial charge in [0.05, 0.1) is 0 Å². The largest absolute Gasteiger partial charge is 0.478 e. The van der Waals surface area contributed by atoms with Crippen LogP contribution in [0.3, 0.4) is 0 Å². The molecule has 0 aliphatic rings. The highest BCUT2D eigenvalue weighted by molar-refractivity contribution is 5.95. The molecule has 0 radical (unpaired) electrons. The Hall–Kier alpha value is -1.84. The van der Waals surface area contributed by atoms with Crippen LogP contribution in [0.1, 0.15) is 49.6 Å². The Bertz CT molecular complexity index is 472. The first-order chi connectivity index (χ1) is 7.71. The number of rotatable bonds is 3. The SMILES string of the molecule is CC(=O)/C=C/c1oc(C(C)(C)C)cc1C(=O)O. The molecule has 0 spiro atoms. The van der Waals surface area contributed by atoms with Crippen LogP contribution in [0.15, 0.2) is 16.6 Å². The maximum absolute atomic E-state index is 11.0. The van der Waals surface area contributed by atoms with Gasteiger partial charge in [-0.3, -0.25) is 4.79 Å². The Morgan fingerprint density at radius 1 is 1.35 bits per heavy atom. The molecule has 1 rings (SSSR count). The van der Waals surface area contributed by atoms with E-state index in [0.717, 1.165) is 0 Å². The summed E-state index contributed by atoms with van der Waals surface area (Å²) >= 11 is 0. The van der Waals surface area contributed by atoms with Gasteiger partial charge in [-0.25, -0.2) is 4.79 Å². The molecule has 0 aromatic carbocycles. The number of aromatic carboxylic acids is 1. The first-order valence-electron chi connectivity index (χ1n) is 5.28. The van der Waals surface area contributed by atoms with Crippen LogP contribution in [0, 0.1) is 0 Å². The van der Waals surface area contributed by atoms with E-state index >= 15 is 0 Å². The molecule has 0 aliphatic carbocycles. The minimum absolute atomic E-state index is 0.0763. The molecule has 92 valence electrons. The molecule has 0 bridgehead atoms. The van der Waals surface area contributed by atoms with Crippen LogP contribution in [0.2, 0.25) is 0 Å². The fraction of sp³-hybridized carbons (Fsp3) is 0.385. The summed E-state index contributed by atoms with van der Waals surface area (Å²) in [7, 11) is 0. The highest BCUT2D eigenvalue weighted by Gasteiger charge is 2.23. The zero-order valence-corrected chi connectivity index (χ0v) is 10.4. The molecule has 1 aromatic rings. The summed E-state index contributed by atoms with van der Waals surface area (Å²) in [6.45, 7) is 7.17. The third-order valence-corrected chi connectivity index (χ3v) is 2.20. The number of carbonyl (C=O) groups excluding carboxylic acids is 1. The highest BCUT2D eigenvalue weighted by Crippen LogP contribution is 2.28. The Labute approximate surface area is 99.9 Å². The molecule has 0 atom stereocenters. The normalized spacial score (nSPS) is 12.0. The van der Waals surface area contributed by atoms with E-state index in [2.05, 4.69) is 0 Å². The van der Waals surface area contributed by atoms with Crippen molar-refractivity contribution in [1.82, 2.24) is 0 Å². The molecule has 1 aromatic heterocycles. The van der Waals surface area contributed by atoms with Gasteiger partial charge < -0.3 is 9.52 Å². The van der Waals surface area contributed by atoms with Crippen LogP contribution in [0.5, 0.6) is 0 Å². The van der Waals surface area contributed by atoms with Crippen LogP contribution >= 0.6 is 0 Å². The molecule has 0 saturated heterocycles. The standard InChI is InChI=1S/C13H16O4/c1-8(14)5-6-10-9(12(15)16)7-11(17-10)13(2,3)4/h5-7H,1-4H3,(H,15,16)/b6-5+. The molecule has 0 aliphatic heterocycles. The van der Waals surface area contributed by atoms with Crippen LogP contribution < -0.4 is 0 Å². The van der Waals surface area contributed by atoms with Gasteiger partial charge in [0.25, 0.3) is 0 Å². The highest BCUT2D eigenvalue weighted by atomic mass is 16.4. The quantitative estimate of drug-likeness (QED) is 0.819. The number of carbonyl (C=O) groups is 2. The van der Waals surface area contributed by atoms with E-state index in [9.17, 15) is 9.59 Å². The average Bonchev–Trinajstić information content (AvgIpc) is 2.57. The molecule has 1 heterocycles. The first-order valence-corrected chi connectivity index (χ1v) is 5.28. The maximum Gasteiger partial charge on any atom is 0.339 e. The predicted octanol–water partition coefficient (Wildman–Crippen LogP) is 2.88. The first kappa shape index (κ1) is 13.2. The van der Waals surface area contributed by atoms with E-state index in [-0.39, 0.29) is 22.5 Å². The van der Waals surface area contributed by atoms with Gasteiger partial charge in [-0.15, -0.1) is 0 Å². The van der Waals surface area contributed by atoms with Gasteiger partial charge >= 0.3 is 5.97 Å². The Morgan fingerprint density at radius 2 is 1.94 bits per heavy atom. The number of carboxylic acids is 1. The molecule has 0 amide bonds. The molecule has 1 N–H and O–H groups in total. The molecule has 17 heavy (non-hydrogen) atoms. The number of hydrogen-bond donors (Lipinski definition) is 1. The van der Waals surface area contributed by atoms with E-state index in [1.54, 1.807) is 0 Å². The number of carboxylic acid groups (broad SMARTS) is 1. The van der Waals surface area contributed by atoms with Crippen molar-refractivity contribution in [3.8, 4) is 0 Å². The van der Waals surface area contributed by atoms with E-state index in [4.69, 9.17) is 9.52 Å². The monoisotopic (exact) mass is 236 g/mol. The van der Waals surface area contributed by atoms with Crippen LogP contribution in [0.25, 0.3) is 6.08 Å². The van der Waals surface area contributed by atoms with Crippen molar-refractivity contribution < 1.29 is 19.1 Å². The lowest BCUT2D eigenvalue weighted by Crippen LogP contribution is -2.09. The van der Waals surface area contributed by atoms with E-state index in [0.29, 0.717) is 5.76 Å². The van der Waals surface area contributed by atoms with Crippen molar-refractivity contribution >= 4 is 17.8 Å². The molecule has 0 unspecified atom stereocenters. The zero-order valence-electron chi connectivity index (χ0n) is 10.4. The maximum atomic E-state index is 11.0. The van der Waals surface area contributed by atoms with Crippen molar-refractivity contribution in [3.05, 3.63) is 29.2 Å². The number of ketones is 1. The van der Waals surface area contributed by atoms with Gasteiger partial charge in [0.15, 0.2) is 5.78 Å². The van der Waals surface area contributed by atoms with E-state index in [1.807, 2.05) is 20.8 Å². The summed E-state index contributed by atoms with van der Waals surface area (Å²) in [6.07, 6.45) is 2.68. The van der Waals surface area contributed by atoms with Crippen molar-refractivity contribution in [2.24, 2.45) is 0 Å². The second kappa shape index (κ2) is 4.57. The fourth-order valence-corrected chi connectivity index (χ4v) is 1.26. The third kappa shape index (κ3) is 3.31. The Kier molecular flexibility index (Phi) is 3.56. The van der Waals surface area contributed by atoms with Crippen LogP contribution in [-0.4, -0.2) is 16.9 Å². The number of allylic oxidation sites excluding steroid dienone is 1. The zero-order chi connectivity index (χ0) is 13.2. The third-order valence-electron chi connectivity index (χ3n) is 2.20. The summed E-state index contributed by atoms with van der Waals surface area (Å²) in [4.78, 5) is 21.9. The second-order valence-electron chi connectivity index (χ2n) is 4.89. The van der Waals surface area contributed by atoms with E-state index < -0.39 is 5.97 Å². The number of hydrogen-bond acceptors (Lipinski definition) is 3. The van der Waals surface area contributed by atoms with Crippen molar-refractivity contribution in [3.63, 3.8) is 0 Å².